The first-order valence-corrected chi connectivity index (χ1v) is 9.54. The van der Waals surface area contributed by atoms with E-state index < -0.39 is 18.0 Å². The maximum absolute atomic E-state index is 12.3. The molecular formula is C18H19NO4S2. The molecule has 0 bridgehead atoms. The molecule has 1 aromatic carbocycles. The summed E-state index contributed by atoms with van der Waals surface area (Å²) < 4.78 is 0.746. The number of carboxylic acids is 1. The van der Waals surface area contributed by atoms with Crippen molar-refractivity contribution in [2.24, 2.45) is 11.8 Å². The molecule has 0 radical (unpaired) electrons. The number of hydrogen-bond donors (Lipinski definition) is 2. The van der Waals surface area contributed by atoms with Crippen LogP contribution in [0.2, 0.25) is 0 Å². The van der Waals surface area contributed by atoms with Gasteiger partial charge in [0.1, 0.15) is 5.70 Å². The smallest absolute Gasteiger partial charge is 0.353 e. The molecule has 25 heavy (non-hydrogen) atoms. The van der Waals surface area contributed by atoms with Crippen molar-refractivity contribution in [3.8, 4) is 0 Å². The molecule has 1 fully saturated rings. The Morgan fingerprint density at radius 1 is 1.28 bits per heavy atom. The van der Waals surface area contributed by atoms with E-state index in [1.807, 2.05) is 37.3 Å². The Balaban J connectivity index is 1.83. The number of fused-ring (bicyclic) bond motifs is 1. The van der Waals surface area contributed by atoms with E-state index in [4.69, 9.17) is 0 Å². The first-order chi connectivity index (χ1) is 11.8. The highest BCUT2D eigenvalue weighted by Gasteiger charge is 2.60. The van der Waals surface area contributed by atoms with Crippen molar-refractivity contribution in [2.45, 2.75) is 30.9 Å². The van der Waals surface area contributed by atoms with Crippen LogP contribution in [0.3, 0.4) is 0 Å². The standard InChI is InChI=1S/C18H19NO4S2/c1-9-14-13(10(2)20)17(21)19(14)15(18(22)23)16(9)25-11(3)24-12-7-5-4-6-8-12/h4-10,13-14,20H,3H2,1-2H3,(H,22,23)/t9-,10-,13-,14-/m1/s1. The van der Waals surface area contributed by atoms with Gasteiger partial charge >= 0.3 is 5.97 Å². The minimum Gasteiger partial charge on any atom is -0.477 e. The maximum atomic E-state index is 12.3. The Labute approximate surface area is 154 Å². The number of carboxylic acid groups (broad SMARTS) is 1. The molecule has 1 amide bonds. The van der Waals surface area contributed by atoms with Crippen LogP contribution in [0.1, 0.15) is 13.8 Å². The molecule has 0 spiro atoms. The Hall–Kier alpha value is -1.70. The average Bonchev–Trinajstić information content (AvgIpc) is 2.77. The Bertz CT molecular complexity index is 760. The number of amides is 1. The highest BCUT2D eigenvalue weighted by molar-refractivity contribution is 8.24. The second-order valence-electron chi connectivity index (χ2n) is 6.16. The van der Waals surface area contributed by atoms with Gasteiger partial charge in [-0.25, -0.2) is 4.79 Å². The van der Waals surface area contributed by atoms with Gasteiger partial charge in [0.15, 0.2) is 0 Å². The van der Waals surface area contributed by atoms with E-state index in [9.17, 15) is 19.8 Å². The van der Waals surface area contributed by atoms with Gasteiger partial charge in [-0.3, -0.25) is 4.79 Å². The van der Waals surface area contributed by atoms with Gasteiger partial charge in [0.25, 0.3) is 0 Å². The van der Waals surface area contributed by atoms with E-state index in [0.717, 1.165) is 9.13 Å². The molecule has 2 heterocycles. The number of benzene rings is 1. The number of β-lactam (4-membered cyclic amide) rings is 1. The van der Waals surface area contributed by atoms with E-state index in [1.165, 1.54) is 28.4 Å². The summed E-state index contributed by atoms with van der Waals surface area (Å²) in [7, 11) is 0. The lowest BCUT2D eigenvalue weighted by molar-refractivity contribution is -0.163. The minimum atomic E-state index is -1.12. The summed E-state index contributed by atoms with van der Waals surface area (Å²) >= 11 is 2.77. The summed E-state index contributed by atoms with van der Waals surface area (Å²) in [6.45, 7) is 7.50. The molecule has 0 aromatic heterocycles. The van der Waals surface area contributed by atoms with E-state index >= 15 is 0 Å². The molecule has 7 heteroatoms. The van der Waals surface area contributed by atoms with E-state index in [0.29, 0.717) is 4.91 Å². The molecule has 2 aliphatic heterocycles. The number of hydrogen-bond acceptors (Lipinski definition) is 5. The van der Waals surface area contributed by atoms with Crippen LogP contribution in [0, 0.1) is 11.8 Å². The SMILES string of the molecule is C=C(SC1=C(C(=O)O)N2C(=O)[C@H]([C@@H](C)O)[C@H]2[C@H]1C)Sc1ccccc1. The monoisotopic (exact) mass is 377 g/mol. The van der Waals surface area contributed by atoms with Gasteiger partial charge < -0.3 is 15.1 Å². The van der Waals surface area contributed by atoms with Gasteiger partial charge in [0.05, 0.1) is 18.1 Å². The Morgan fingerprint density at radius 3 is 2.48 bits per heavy atom. The van der Waals surface area contributed by atoms with Crippen LogP contribution in [0.5, 0.6) is 0 Å². The van der Waals surface area contributed by atoms with E-state index in [1.54, 1.807) is 6.92 Å². The summed E-state index contributed by atoms with van der Waals surface area (Å²) in [6, 6.07) is 9.41. The third-order valence-electron chi connectivity index (χ3n) is 4.51. The minimum absolute atomic E-state index is 0.0270. The maximum Gasteiger partial charge on any atom is 0.353 e. The fourth-order valence-electron chi connectivity index (χ4n) is 3.42. The lowest BCUT2D eigenvalue weighted by Crippen LogP contribution is -2.63. The van der Waals surface area contributed by atoms with Crippen LogP contribution < -0.4 is 0 Å². The van der Waals surface area contributed by atoms with Gasteiger partial charge in [-0.1, -0.05) is 55.2 Å². The summed E-state index contributed by atoms with van der Waals surface area (Å²) in [5.74, 6) is -2.13. The molecule has 3 rings (SSSR count). The predicted molar refractivity (Wildman–Crippen MR) is 98.7 cm³/mol. The molecule has 1 saturated heterocycles. The lowest BCUT2D eigenvalue weighted by atomic mass is 9.79. The van der Waals surface area contributed by atoms with Crippen LogP contribution in [0.4, 0.5) is 0 Å². The zero-order valence-electron chi connectivity index (χ0n) is 13.9. The van der Waals surface area contributed by atoms with Crippen molar-refractivity contribution in [1.82, 2.24) is 4.90 Å². The molecule has 2 aliphatic rings. The zero-order valence-corrected chi connectivity index (χ0v) is 15.5. The largest absolute Gasteiger partial charge is 0.477 e. The van der Waals surface area contributed by atoms with Crippen molar-refractivity contribution in [3.05, 3.63) is 51.8 Å². The molecule has 132 valence electrons. The number of carbonyl (C=O) groups excluding carboxylic acids is 1. The van der Waals surface area contributed by atoms with Crippen LogP contribution in [0.15, 0.2) is 56.6 Å². The molecule has 0 aliphatic carbocycles. The average molecular weight is 377 g/mol. The van der Waals surface area contributed by atoms with Crippen LogP contribution >= 0.6 is 23.5 Å². The zero-order chi connectivity index (χ0) is 18.3. The van der Waals surface area contributed by atoms with Crippen LogP contribution in [0.25, 0.3) is 0 Å². The van der Waals surface area contributed by atoms with Crippen molar-refractivity contribution < 1.29 is 19.8 Å². The predicted octanol–water partition coefficient (Wildman–Crippen LogP) is 3.14. The van der Waals surface area contributed by atoms with Crippen molar-refractivity contribution >= 4 is 35.4 Å². The van der Waals surface area contributed by atoms with E-state index in [2.05, 4.69) is 6.58 Å². The van der Waals surface area contributed by atoms with E-state index in [-0.39, 0.29) is 23.6 Å². The number of aliphatic carboxylic acids is 1. The summed E-state index contributed by atoms with van der Waals surface area (Å²) in [4.78, 5) is 27.0. The van der Waals surface area contributed by atoms with Gasteiger partial charge in [0.2, 0.25) is 5.91 Å². The lowest BCUT2D eigenvalue weighted by Gasteiger charge is -2.46. The van der Waals surface area contributed by atoms with Crippen LogP contribution in [-0.4, -0.2) is 39.1 Å². The van der Waals surface area contributed by atoms with Gasteiger partial charge in [-0.05, 0) is 19.1 Å². The fraction of sp³-hybridized carbons (Fsp3) is 0.333. The summed E-state index contributed by atoms with van der Waals surface area (Å²) in [5.41, 5.74) is 0.0270. The quantitative estimate of drug-likeness (QED) is 0.586. The summed E-state index contributed by atoms with van der Waals surface area (Å²) in [5, 5.41) is 19.5. The molecule has 0 unspecified atom stereocenters. The van der Waals surface area contributed by atoms with Crippen molar-refractivity contribution in [1.29, 1.82) is 0 Å². The van der Waals surface area contributed by atoms with Gasteiger partial charge in [-0.15, -0.1) is 0 Å². The molecule has 1 aromatic rings. The second kappa shape index (κ2) is 6.90. The first-order valence-electron chi connectivity index (χ1n) is 7.91. The molecular weight excluding hydrogens is 358 g/mol. The van der Waals surface area contributed by atoms with Gasteiger partial charge in [-0.2, -0.15) is 0 Å². The fourth-order valence-corrected chi connectivity index (χ4v) is 5.55. The number of aliphatic hydroxyl groups excluding tert-OH is 1. The molecule has 2 N–H and O–H groups in total. The summed E-state index contributed by atoms with van der Waals surface area (Å²) in [6.07, 6.45) is -0.794. The third kappa shape index (κ3) is 3.12. The van der Waals surface area contributed by atoms with Crippen molar-refractivity contribution in [2.75, 3.05) is 0 Å². The topological polar surface area (TPSA) is 77.8 Å². The number of carbonyl (C=O) groups is 2. The number of aliphatic hydroxyl groups is 1. The van der Waals surface area contributed by atoms with Gasteiger partial charge in [0, 0.05) is 20.0 Å². The Kier molecular flexibility index (Phi) is 4.99. The number of thioether (sulfide) groups is 2. The third-order valence-corrected chi connectivity index (χ3v) is 6.76. The molecule has 4 atom stereocenters. The Morgan fingerprint density at radius 2 is 1.92 bits per heavy atom. The van der Waals surface area contributed by atoms with Crippen molar-refractivity contribution in [3.63, 3.8) is 0 Å². The molecule has 0 saturated carbocycles. The normalized spacial score (nSPS) is 26.3. The number of rotatable bonds is 6. The second-order valence-corrected chi connectivity index (χ2v) is 8.72. The first kappa shape index (κ1) is 18.1. The number of nitrogens with zero attached hydrogens (tertiary/aromatic N) is 1. The highest BCUT2D eigenvalue weighted by Crippen LogP contribution is 2.53. The molecule has 5 nitrogen and oxygen atoms in total. The highest BCUT2D eigenvalue weighted by atomic mass is 32.2. The van der Waals surface area contributed by atoms with Crippen LogP contribution in [-0.2, 0) is 9.59 Å².